The fourth-order valence-electron chi connectivity index (χ4n) is 2.08. The summed E-state index contributed by atoms with van der Waals surface area (Å²) in [6, 6.07) is 3.10. The summed E-state index contributed by atoms with van der Waals surface area (Å²) in [7, 11) is 0. The first-order valence-electron chi connectivity index (χ1n) is 5.99. The fraction of sp³-hybridized carbons (Fsp3) is 0.429. The van der Waals surface area contributed by atoms with Crippen molar-refractivity contribution in [2.45, 2.75) is 33.6 Å². The van der Waals surface area contributed by atoms with E-state index in [0.717, 1.165) is 0 Å². The van der Waals surface area contributed by atoms with E-state index in [1.54, 1.807) is 6.07 Å². The normalized spacial score (nSPS) is 10.7. The van der Waals surface area contributed by atoms with Gasteiger partial charge in [-0.2, -0.15) is 0 Å². The molecule has 0 saturated heterocycles. The maximum Gasteiger partial charge on any atom is 0.336 e. The molecule has 0 saturated carbocycles. The van der Waals surface area contributed by atoms with E-state index in [1.807, 2.05) is 20.8 Å². The van der Waals surface area contributed by atoms with E-state index in [2.05, 4.69) is 0 Å². The third-order valence-electron chi connectivity index (χ3n) is 2.84. The Morgan fingerprint density at radius 1 is 1.17 bits per heavy atom. The second-order valence-corrected chi connectivity index (χ2v) is 4.69. The summed E-state index contributed by atoms with van der Waals surface area (Å²) in [5.74, 6) is -1.92. The molecule has 0 atom stereocenters. The van der Waals surface area contributed by atoms with Crippen LogP contribution in [0, 0.1) is 5.92 Å². The second-order valence-electron chi connectivity index (χ2n) is 4.69. The van der Waals surface area contributed by atoms with Crippen LogP contribution in [0.25, 0.3) is 0 Å². The number of hydrogen-bond donors (Lipinski definition) is 2. The van der Waals surface area contributed by atoms with Crippen molar-refractivity contribution in [2.24, 2.45) is 5.92 Å². The van der Waals surface area contributed by atoms with Gasteiger partial charge in [0.05, 0.1) is 11.1 Å². The van der Waals surface area contributed by atoms with Gasteiger partial charge in [0.25, 0.3) is 0 Å². The molecule has 0 fully saturated rings. The van der Waals surface area contributed by atoms with Crippen molar-refractivity contribution in [2.75, 3.05) is 0 Å². The highest BCUT2D eigenvalue weighted by molar-refractivity contribution is 5.97. The zero-order valence-electron chi connectivity index (χ0n) is 10.9. The van der Waals surface area contributed by atoms with Gasteiger partial charge in [-0.25, -0.2) is 9.59 Å². The van der Waals surface area contributed by atoms with E-state index in [-0.39, 0.29) is 17.0 Å². The van der Waals surface area contributed by atoms with Gasteiger partial charge >= 0.3 is 11.9 Å². The number of aromatic carboxylic acids is 2. The molecular weight excluding hydrogens is 232 g/mol. The van der Waals surface area contributed by atoms with Crippen LogP contribution in [0.1, 0.15) is 52.6 Å². The van der Waals surface area contributed by atoms with Crippen LogP contribution in [-0.4, -0.2) is 22.2 Å². The summed E-state index contributed by atoms with van der Waals surface area (Å²) in [5.41, 5.74) is 1.37. The third kappa shape index (κ3) is 2.88. The van der Waals surface area contributed by atoms with Crippen LogP contribution in [0.5, 0.6) is 0 Å². The van der Waals surface area contributed by atoms with Crippen LogP contribution in [0.2, 0.25) is 0 Å². The molecule has 1 aromatic rings. The maximum absolute atomic E-state index is 11.4. The molecule has 0 aliphatic carbocycles. The van der Waals surface area contributed by atoms with Crippen molar-refractivity contribution < 1.29 is 19.8 Å². The molecule has 4 heteroatoms. The smallest absolute Gasteiger partial charge is 0.336 e. The number of rotatable bonds is 5. The zero-order valence-corrected chi connectivity index (χ0v) is 10.9. The highest BCUT2D eigenvalue weighted by atomic mass is 16.4. The van der Waals surface area contributed by atoms with E-state index >= 15 is 0 Å². The molecular formula is C14H18O4. The van der Waals surface area contributed by atoms with Crippen molar-refractivity contribution in [3.8, 4) is 0 Å². The van der Waals surface area contributed by atoms with E-state index in [9.17, 15) is 14.7 Å². The third-order valence-corrected chi connectivity index (χ3v) is 2.84. The summed E-state index contributed by atoms with van der Waals surface area (Å²) in [6.45, 7) is 5.74. The Balaban J connectivity index is 3.54. The minimum absolute atomic E-state index is 0.0956. The number of carboxylic acid groups (broad SMARTS) is 2. The van der Waals surface area contributed by atoms with Gasteiger partial charge in [-0.15, -0.1) is 0 Å². The highest BCUT2D eigenvalue weighted by Crippen LogP contribution is 2.23. The molecule has 0 aromatic heterocycles. The molecule has 2 N–H and O–H groups in total. The quantitative estimate of drug-likeness (QED) is 0.842. The van der Waals surface area contributed by atoms with Crippen molar-refractivity contribution in [1.82, 2.24) is 0 Å². The van der Waals surface area contributed by atoms with Gasteiger partial charge < -0.3 is 10.2 Å². The lowest BCUT2D eigenvalue weighted by Gasteiger charge is -2.15. The van der Waals surface area contributed by atoms with E-state index in [0.29, 0.717) is 24.0 Å². The number of aryl methyl sites for hydroxylation is 1. The first-order chi connectivity index (χ1) is 8.38. The number of hydrogen-bond acceptors (Lipinski definition) is 2. The van der Waals surface area contributed by atoms with Crippen molar-refractivity contribution in [3.05, 3.63) is 34.4 Å². The maximum atomic E-state index is 11.4. The zero-order chi connectivity index (χ0) is 13.9. The van der Waals surface area contributed by atoms with Crippen LogP contribution in [-0.2, 0) is 12.8 Å². The Hall–Kier alpha value is -1.84. The van der Waals surface area contributed by atoms with Gasteiger partial charge in [0.15, 0.2) is 0 Å². The fourth-order valence-corrected chi connectivity index (χ4v) is 2.08. The number of benzene rings is 1. The number of carbonyl (C=O) groups is 2. The van der Waals surface area contributed by atoms with Gasteiger partial charge in [-0.3, -0.25) is 0 Å². The lowest BCUT2D eigenvalue weighted by Crippen LogP contribution is -2.14. The Bertz CT molecular complexity index is 475. The lowest BCUT2D eigenvalue weighted by atomic mass is 9.89. The Kier molecular flexibility index (Phi) is 4.48. The molecule has 0 unspecified atom stereocenters. The van der Waals surface area contributed by atoms with Crippen molar-refractivity contribution in [3.63, 3.8) is 0 Å². The SMILES string of the molecule is CCc1ccc(C(=O)O)c(CC(C)C)c1C(=O)O. The van der Waals surface area contributed by atoms with Crippen LogP contribution in [0.4, 0.5) is 0 Å². The Labute approximate surface area is 106 Å². The average molecular weight is 250 g/mol. The lowest BCUT2D eigenvalue weighted by molar-refractivity contribution is 0.0694. The van der Waals surface area contributed by atoms with Crippen LogP contribution >= 0.6 is 0 Å². The molecule has 0 aliphatic rings. The summed E-state index contributed by atoms with van der Waals surface area (Å²) in [6.07, 6.45) is 1.03. The molecule has 1 rings (SSSR count). The van der Waals surface area contributed by atoms with Crippen LogP contribution in [0.3, 0.4) is 0 Å². The summed E-state index contributed by atoms with van der Waals surface area (Å²) < 4.78 is 0. The molecule has 0 radical (unpaired) electrons. The molecule has 0 heterocycles. The van der Waals surface area contributed by atoms with E-state index in [4.69, 9.17) is 5.11 Å². The van der Waals surface area contributed by atoms with Gasteiger partial charge in [-0.05, 0) is 36.0 Å². The predicted octanol–water partition coefficient (Wildman–Crippen LogP) is 2.84. The molecule has 0 bridgehead atoms. The Morgan fingerprint density at radius 2 is 1.78 bits per heavy atom. The molecule has 0 aliphatic heterocycles. The van der Waals surface area contributed by atoms with Crippen LogP contribution in [0.15, 0.2) is 12.1 Å². The molecule has 98 valence electrons. The van der Waals surface area contributed by atoms with Gasteiger partial charge in [0.1, 0.15) is 0 Å². The molecule has 0 spiro atoms. The van der Waals surface area contributed by atoms with E-state index < -0.39 is 11.9 Å². The molecule has 4 nitrogen and oxygen atoms in total. The summed E-state index contributed by atoms with van der Waals surface area (Å²) in [5, 5.41) is 18.5. The molecule has 18 heavy (non-hydrogen) atoms. The standard InChI is InChI=1S/C14H18O4/c1-4-9-5-6-10(13(15)16)11(7-8(2)3)12(9)14(17)18/h5-6,8H,4,7H2,1-3H3,(H,15,16)(H,17,18). The van der Waals surface area contributed by atoms with Gasteiger partial charge in [-0.1, -0.05) is 26.8 Å². The van der Waals surface area contributed by atoms with E-state index in [1.165, 1.54) is 6.07 Å². The topological polar surface area (TPSA) is 74.6 Å². The number of carboxylic acids is 2. The largest absolute Gasteiger partial charge is 0.478 e. The first kappa shape index (κ1) is 14.2. The minimum atomic E-state index is -1.07. The Morgan fingerprint density at radius 3 is 2.17 bits per heavy atom. The first-order valence-corrected chi connectivity index (χ1v) is 5.99. The minimum Gasteiger partial charge on any atom is -0.478 e. The second kappa shape index (κ2) is 5.67. The predicted molar refractivity (Wildman–Crippen MR) is 68.3 cm³/mol. The molecule has 1 aromatic carbocycles. The van der Waals surface area contributed by atoms with Crippen molar-refractivity contribution in [1.29, 1.82) is 0 Å². The summed E-state index contributed by atoms with van der Waals surface area (Å²) in [4.78, 5) is 22.5. The summed E-state index contributed by atoms with van der Waals surface area (Å²) >= 11 is 0. The van der Waals surface area contributed by atoms with Gasteiger partial charge in [0, 0.05) is 0 Å². The average Bonchev–Trinajstić information content (AvgIpc) is 2.26. The monoisotopic (exact) mass is 250 g/mol. The molecule has 0 amide bonds. The highest BCUT2D eigenvalue weighted by Gasteiger charge is 2.21. The van der Waals surface area contributed by atoms with Crippen LogP contribution < -0.4 is 0 Å². The van der Waals surface area contributed by atoms with Crippen molar-refractivity contribution >= 4 is 11.9 Å². The van der Waals surface area contributed by atoms with Gasteiger partial charge in [0.2, 0.25) is 0 Å².